The summed E-state index contributed by atoms with van der Waals surface area (Å²) in [5.41, 5.74) is 7.40. The molecule has 0 spiro atoms. The van der Waals surface area contributed by atoms with E-state index < -0.39 is 0 Å². The summed E-state index contributed by atoms with van der Waals surface area (Å²) < 4.78 is 5.34. The van der Waals surface area contributed by atoms with Gasteiger partial charge in [0.15, 0.2) is 5.76 Å². The molecule has 94 valence electrons. The van der Waals surface area contributed by atoms with Crippen LogP contribution in [0.25, 0.3) is 0 Å². The van der Waals surface area contributed by atoms with Gasteiger partial charge in [0.05, 0.1) is 0 Å². The predicted molar refractivity (Wildman–Crippen MR) is 70.5 cm³/mol. The molecular formula is C14H16N2O2. The monoisotopic (exact) mass is 244 g/mol. The van der Waals surface area contributed by atoms with Crippen LogP contribution in [0.4, 0.5) is 5.69 Å². The van der Waals surface area contributed by atoms with Crippen LogP contribution in [0.5, 0.6) is 0 Å². The van der Waals surface area contributed by atoms with Crippen molar-refractivity contribution in [3.8, 4) is 0 Å². The van der Waals surface area contributed by atoms with Crippen LogP contribution < -0.4 is 10.6 Å². The standard InChI is InChI=1S/C14H16N2O2/c1-10-7-8-13(18-10)14(17)16(2)12-6-4-3-5-11(12)9-15/h3-8H,9,15H2,1-2H3. The summed E-state index contributed by atoms with van der Waals surface area (Å²) in [5.74, 6) is 0.879. The van der Waals surface area contributed by atoms with Gasteiger partial charge < -0.3 is 15.1 Å². The molecule has 0 radical (unpaired) electrons. The van der Waals surface area contributed by atoms with Crippen LogP contribution in [0, 0.1) is 6.92 Å². The Labute approximate surface area is 106 Å². The third kappa shape index (κ3) is 2.28. The Morgan fingerprint density at radius 1 is 1.28 bits per heavy atom. The SMILES string of the molecule is Cc1ccc(C(=O)N(C)c2ccccc2CN)o1. The van der Waals surface area contributed by atoms with Crippen LogP contribution >= 0.6 is 0 Å². The minimum absolute atomic E-state index is 0.177. The third-order valence-electron chi connectivity index (χ3n) is 2.83. The van der Waals surface area contributed by atoms with Crippen molar-refractivity contribution in [2.45, 2.75) is 13.5 Å². The van der Waals surface area contributed by atoms with Crippen molar-refractivity contribution in [3.63, 3.8) is 0 Å². The topological polar surface area (TPSA) is 59.5 Å². The molecule has 0 unspecified atom stereocenters. The van der Waals surface area contributed by atoms with Crippen molar-refractivity contribution >= 4 is 11.6 Å². The zero-order chi connectivity index (χ0) is 13.1. The Hall–Kier alpha value is -2.07. The molecule has 2 rings (SSSR count). The molecule has 1 aromatic carbocycles. The molecule has 1 heterocycles. The summed E-state index contributed by atoms with van der Waals surface area (Å²) in [6, 6.07) is 11.0. The van der Waals surface area contributed by atoms with Crippen LogP contribution in [0.2, 0.25) is 0 Å². The molecule has 18 heavy (non-hydrogen) atoms. The zero-order valence-electron chi connectivity index (χ0n) is 10.5. The summed E-state index contributed by atoms with van der Waals surface area (Å²) in [5, 5.41) is 0. The highest BCUT2D eigenvalue weighted by molar-refractivity contribution is 6.04. The maximum Gasteiger partial charge on any atom is 0.293 e. The van der Waals surface area contributed by atoms with Gasteiger partial charge in [-0.05, 0) is 30.7 Å². The fourth-order valence-electron chi connectivity index (χ4n) is 1.83. The molecule has 4 nitrogen and oxygen atoms in total. The molecule has 1 aromatic heterocycles. The predicted octanol–water partition coefficient (Wildman–Crippen LogP) is 2.32. The lowest BCUT2D eigenvalue weighted by molar-refractivity contribution is 0.0965. The lowest BCUT2D eigenvalue weighted by atomic mass is 10.1. The second kappa shape index (κ2) is 5.06. The van der Waals surface area contributed by atoms with Gasteiger partial charge in [-0.15, -0.1) is 0 Å². The second-order valence-electron chi connectivity index (χ2n) is 4.11. The molecule has 0 aliphatic rings. The Morgan fingerprint density at radius 3 is 2.61 bits per heavy atom. The fraction of sp³-hybridized carbons (Fsp3) is 0.214. The third-order valence-corrected chi connectivity index (χ3v) is 2.83. The van der Waals surface area contributed by atoms with Crippen molar-refractivity contribution in [1.82, 2.24) is 0 Å². The van der Waals surface area contributed by atoms with Gasteiger partial charge in [0.25, 0.3) is 5.91 Å². The first-order chi connectivity index (χ1) is 8.63. The van der Waals surface area contributed by atoms with Gasteiger partial charge in [-0.2, -0.15) is 0 Å². The number of hydrogen-bond acceptors (Lipinski definition) is 3. The summed E-state index contributed by atoms with van der Waals surface area (Å²) in [4.78, 5) is 13.8. The summed E-state index contributed by atoms with van der Waals surface area (Å²) in [6.07, 6.45) is 0. The molecule has 0 saturated carbocycles. The molecule has 0 aliphatic carbocycles. The molecular weight excluding hydrogens is 228 g/mol. The Morgan fingerprint density at radius 2 is 2.00 bits per heavy atom. The van der Waals surface area contributed by atoms with E-state index in [1.54, 1.807) is 24.1 Å². The highest BCUT2D eigenvalue weighted by Gasteiger charge is 2.18. The van der Waals surface area contributed by atoms with E-state index in [-0.39, 0.29) is 5.91 Å². The summed E-state index contributed by atoms with van der Waals surface area (Å²) in [7, 11) is 1.72. The molecule has 0 atom stereocenters. The van der Waals surface area contributed by atoms with E-state index >= 15 is 0 Å². The van der Waals surface area contributed by atoms with Crippen molar-refractivity contribution in [1.29, 1.82) is 0 Å². The Bertz CT molecular complexity index is 560. The number of furan rings is 1. The van der Waals surface area contributed by atoms with Gasteiger partial charge in [-0.25, -0.2) is 0 Å². The average molecular weight is 244 g/mol. The number of anilines is 1. The van der Waals surface area contributed by atoms with Gasteiger partial charge >= 0.3 is 0 Å². The number of carbonyl (C=O) groups excluding carboxylic acids is 1. The van der Waals surface area contributed by atoms with Crippen LogP contribution in [0.3, 0.4) is 0 Å². The highest BCUT2D eigenvalue weighted by atomic mass is 16.3. The van der Waals surface area contributed by atoms with Crippen molar-refractivity contribution in [3.05, 3.63) is 53.5 Å². The minimum Gasteiger partial charge on any atom is -0.456 e. The number of para-hydroxylation sites is 1. The molecule has 0 saturated heterocycles. The minimum atomic E-state index is -0.177. The lowest BCUT2D eigenvalue weighted by Gasteiger charge is -2.19. The molecule has 4 heteroatoms. The lowest BCUT2D eigenvalue weighted by Crippen LogP contribution is -2.27. The number of hydrogen-bond donors (Lipinski definition) is 1. The number of rotatable bonds is 3. The summed E-state index contributed by atoms with van der Waals surface area (Å²) in [6.45, 7) is 2.20. The van der Waals surface area contributed by atoms with E-state index in [0.717, 1.165) is 17.0 Å². The van der Waals surface area contributed by atoms with Crippen molar-refractivity contribution in [2.75, 3.05) is 11.9 Å². The van der Waals surface area contributed by atoms with Crippen LogP contribution in [-0.2, 0) is 6.54 Å². The largest absolute Gasteiger partial charge is 0.456 e. The second-order valence-corrected chi connectivity index (χ2v) is 4.11. The number of amides is 1. The quantitative estimate of drug-likeness (QED) is 0.901. The number of benzene rings is 1. The van der Waals surface area contributed by atoms with E-state index in [0.29, 0.717) is 12.3 Å². The fourth-order valence-corrected chi connectivity index (χ4v) is 1.83. The molecule has 0 bridgehead atoms. The molecule has 0 fully saturated rings. The first kappa shape index (κ1) is 12.4. The summed E-state index contributed by atoms with van der Waals surface area (Å²) >= 11 is 0. The number of aryl methyl sites for hydroxylation is 1. The molecule has 1 amide bonds. The van der Waals surface area contributed by atoms with E-state index in [2.05, 4.69) is 0 Å². The Balaban J connectivity index is 2.31. The van der Waals surface area contributed by atoms with Gasteiger partial charge in [0, 0.05) is 19.3 Å². The highest BCUT2D eigenvalue weighted by Crippen LogP contribution is 2.21. The number of carbonyl (C=O) groups is 1. The maximum absolute atomic E-state index is 12.2. The molecule has 2 aromatic rings. The van der Waals surface area contributed by atoms with Crippen molar-refractivity contribution < 1.29 is 9.21 Å². The van der Waals surface area contributed by atoms with Gasteiger partial charge in [-0.3, -0.25) is 4.79 Å². The zero-order valence-corrected chi connectivity index (χ0v) is 10.5. The van der Waals surface area contributed by atoms with Crippen LogP contribution in [0.1, 0.15) is 21.9 Å². The van der Waals surface area contributed by atoms with E-state index in [4.69, 9.17) is 10.2 Å². The van der Waals surface area contributed by atoms with Gasteiger partial charge in [-0.1, -0.05) is 18.2 Å². The first-order valence-electron chi connectivity index (χ1n) is 5.76. The normalized spacial score (nSPS) is 10.4. The van der Waals surface area contributed by atoms with E-state index in [1.807, 2.05) is 31.2 Å². The van der Waals surface area contributed by atoms with E-state index in [9.17, 15) is 4.79 Å². The van der Waals surface area contributed by atoms with E-state index in [1.165, 1.54) is 0 Å². The first-order valence-corrected chi connectivity index (χ1v) is 5.76. The van der Waals surface area contributed by atoms with Crippen LogP contribution in [-0.4, -0.2) is 13.0 Å². The average Bonchev–Trinajstić information content (AvgIpc) is 2.83. The number of nitrogens with zero attached hydrogens (tertiary/aromatic N) is 1. The van der Waals surface area contributed by atoms with Crippen molar-refractivity contribution in [2.24, 2.45) is 5.73 Å². The van der Waals surface area contributed by atoms with Gasteiger partial charge in [0.1, 0.15) is 5.76 Å². The Kier molecular flexibility index (Phi) is 3.48. The molecule has 0 aliphatic heterocycles. The smallest absolute Gasteiger partial charge is 0.293 e. The number of nitrogens with two attached hydrogens (primary N) is 1. The van der Waals surface area contributed by atoms with Crippen LogP contribution in [0.15, 0.2) is 40.8 Å². The maximum atomic E-state index is 12.2. The molecule has 2 N–H and O–H groups in total. The van der Waals surface area contributed by atoms with Gasteiger partial charge in [0.2, 0.25) is 0 Å².